The van der Waals surface area contributed by atoms with E-state index in [4.69, 9.17) is 18.1 Å². The van der Waals surface area contributed by atoms with Crippen molar-refractivity contribution in [3.05, 3.63) is 169 Å². The summed E-state index contributed by atoms with van der Waals surface area (Å²) in [7, 11) is 0. The minimum absolute atomic E-state index is 0.0147. The Bertz CT molecular complexity index is 3290. The van der Waals surface area contributed by atoms with Crippen LogP contribution in [0.4, 0.5) is 0 Å². The van der Waals surface area contributed by atoms with Crippen molar-refractivity contribution >= 4 is 43.5 Å². The van der Waals surface area contributed by atoms with Crippen LogP contribution in [0.15, 0.2) is 174 Å². The van der Waals surface area contributed by atoms with Gasteiger partial charge < -0.3 is 4.42 Å². The van der Waals surface area contributed by atoms with Crippen LogP contribution in [0.2, 0.25) is 0 Å². The highest BCUT2D eigenvalue weighted by Crippen LogP contribution is 2.46. The Morgan fingerprint density at radius 2 is 0.956 bits per heavy atom. The van der Waals surface area contributed by atoms with Crippen molar-refractivity contribution in [2.45, 2.75) is 0 Å². The molecule has 0 aliphatic carbocycles. The first-order valence-electron chi connectivity index (χ1n) is 21.7. The van der Waals surface area contributed by atoms with Gasteiger partial charge in [0.2, 0.25) is 0 Å². The summed E-state index contributed by atoms with van der Waals surface area (Å²) in [4.78, 5) is 0. The van der Waals surface area contributed by atoms with Crippen LogP contribution in [0.1, 0.15) is 20.6 Å². The largest absolute Gasteiger partial charge is 0.456 e. The summed E-state index contributed by atoms with van der Waals surface area (Å²) in [5, 5.41) is 1.89. The van der Waals surface area contributed by atoms with E-state index < -0.39 is 83.6 Å². The molecule has 9 rings (SSSR count). The van der Waals surface area contributed by atoms with Crippen LogP contribution in [0.25, 0.3) is 88.0 Å². The second kappa shape index (κ2) is 10.4. The smallest absolute Gasteiger partial charge is 0.136 e. The third-order valence-electron chi connectivity index (χ3n) is 7.94. The van der Waals surface area contributed by atoms with Crippen LogP contribution in [0.5, 0.6) is 0 Å². The molecule has 9 aromatic rings. The van der Waals surface area contributed by atoms with Crippen molar-refractivity contribution in [3.63, 3.8) is 0 Å². The summed E-state index contributed by atoms with van der Waals surface area (Å²) in [6.07, 6.45) is 0. The summed E-state index contributed by atoms with van der Waals surface area (Å²) >= 11 is 0. The molecule has 1 aromatic heterocycles. The molecule has 0 atom stereocenters. The van der Waals surface area contributed by atoms with Gasteiger partial charge in [-0.3, -0.25) is 0 Å². The molecule has 0 spiro atoms. The third-order valence-corrected chi connectivity index (χ3v) is 7.94. The molecule has 0 aliphatic heterocycles. The van der Waals surface area contributed by atoms with E-state index in [0.717, 1.165) is 0 Å². The predicted molar refractivity (Wildman–Crippen MR) is 190 cm³/mol. The fraction of sp³-hybridized carbons (Fsp3) is 0. The van der Waals surface area contributed by atoms with E-state index in [-0.39, 0.29) is 62.3 Å². The highest BCUT2D eigenvalue weighted by molar-refractivity contribution is 6.22. The van der Waals surface area contributed by atoms with Gasteiger partial charge in [-0.2, -0.15) is 0 Å². The minimum Gasteiger partial charge on any atom is -0.456 e. The summed E-state index contributed by atoms with van der Waals surface area (Å²) in [6.45, 7) is 0. The topological polar surface area (TPSA) is 13.1 Å². The number of hydrogen-bond donors (Lipinski definition) is 0. The van der Waals surface area contributed by atoms with Crippen molar-refractivity contribution in [3.8, 4) is 44.5 Å². The molecule has 45 heavy (non-hydrogen) atoms. The lowest BCUT2D eigenvalue weighted by Crippen LogP contribution is -1.91. The summed E-state index contributed by atoms with van der Waals surface area (Å²) in [6, 6.07) is 14.7. The first-order valence-corrected chi connectivity index (χ1v) is 14.2. The molecule has 0 N–H and O–H groups in total. The van der Waals surface area contributed by atoms with Crippen LogP contribution in [0.3, 0.4) is 0 Å². The van der Waals surface area contributed by atoms with Gasteiger partial charge in [0, 0.05) is 10.8 Å². The quantitative estimate of drug-likeness (QED) is 0.187. The van der Waals surface area contributed by atoms with E-state index in [9.17, 15) is 6.85 Å². The zero-order valence-corrected chi connectivity index (χ0v) is 23.4. The molecule has 1 heteroatoms. The lowest BCUT2D eigenvalue weighted by molar-refractivity contribution is 0.669. The van der Waals surface area contributed by atoms with Gasteiger partial charge in [0.1, 0.15) is 11.2 Å². The van der Waals surface area contributed by atoms with Crippen molar-refractivity contribution in [2.75, 3.05) is 0 Å². The van der Waals surface area contributed by atoms with E-state index in [0.29, 0.717) is 32.7 Å². The average molecular weight is 588 g/mol. The molecule has 0 fully saturated rings. The molecule has 0 saturated carbocycles. The van der Waals surface area contributed by atoms with E-state index in [1.54, 1.807) is 78.9 Å². The summed E-state index contributed by atoms with van der Waals surface area (Å²) in [5.41, 5.74) is 0.120. The zero-order chi connectivity index (χ0) is 42.8. The van der Waals surface area contributed by atoms with Gasteiger partial charge in [-0.1, -0.05) is 145 Å². The van der Waals surface area contributed by atoms with Crippen molar-refractivity contribution in [2.24, 2.45) is 0 Å². The fourth-order valence-corrected chi connectivity index (χ4v) is 6.04. The second-order valence-electron chi connectivity index (χ2n) is 10.5. The number of hydrogen-bond acceptors (Lipinski definition) is 1. The standard InChI is InChI=1S/C44H28O/c1-3-13-29(14-4-1)31-17-11-18-32(27-31)42-35-19-7-9-21-37(35)43(38-22-10-8-20-36(38)42)33-25-26-40-39(28-33)44-34(23-12-24-41(44)45-40)30-15-5-2-6-16-30/h1-28H/i1D,3D,4D,11D,12D,13D,14D,17D,18D,23D,24D,25D,26D,27D,28D. The van der Waals surface area contributed by atoms with Crippen LogP contribution >= 0.6 is 0 Å². The van der Waals surface area contributed by atoms with Gasteiger partial charge in [0.05, 0.1) is 20.6 Å². The Balaban J connectivity index is 1.45. The second-order valence-corrected chi connectivity index (χ2v) is 10.5. The lowest BCUT2D eigenvalue weighted by atomic mass is 9.85. The Kier molecular flexibility index (Phi) is 3.39. The van der Waals surface area contributed by atoms with Gasteiger partial charge in [-0.25, -0.2) is 0 Å². The van der Waals surface area contributed by atoms with Crippen molar-refractivity contribution < 1.29 is 25.0 Å². The fourth-order valence-electron chi connectivity index (χ4n) is 6.04. The highest BCUT2D eigenvalue weighted by atomic mass is 16.3. The summed E-state index contributed by atoms with van der Waals surface area (Å²) in [5.74, 6) is 0. The lowest BCUT2D eigenvalue weighted by Gasteiger charge is -2.18. The van der Waals surface area contributed by atoms with Crippen LogP contribution in [0, 0.1) is 0 Å². The molecule has 1 heterocycles. The molecule has 0 saturated heterocycles. The molecule has 0 aliphatic rings. The van der Waals surface area contributed by atoms with Gasteiger partial charge in [-0.05, 0) is 90.2 Å². The number of rotatable bonds is 4. The van der Waals surface area contributed by atoms with Gasteiger partial charge >= 0.3 is 0 Å². The first-order chi connectivity index (χ1) is 28.6. The van der Waals surface area contributed by atoms with Crippen LogP contribution in [-0.4, -0.2) is 0 Å². The maximum Gasteiger partial charge on any atom is 0.136 e. The molecular weight excluding hydrogens is 544 g/mol. The molecule has 0 bridgehead atoms. The van der Waals surface area contributed by atoms with Crippen molar-refractivity contribution in [1.82, 2.24) is 0 Å². The number of benzene rings is 8. The normalized spacial score (nSPS) is 16.2. The number of fused-ring (bicyclic) bond motifs is 5. The molecular formula is C44H28O. The Morgan fingerprint density at radius 3 is 1.64 bits per heavy atom. The maximum atomic E-state index is 9.85. The van der Waals surface area contributed by atoms with Crippen LogP contribution < -0.4 is 0 Å². The van der Waals surface area contributed by atoms with Crippen molar-refractivity contribution in [1.29, 1.82) is 0 Å². The van der Waals surface area contributed by atoms with Gasteiger partial charge in [0.25, 0.3) is 0 Å². The van der Waals surface area contributed by atoms with E-state index >= 15 is 0 Å². The van der Waals surface area contributed by atoms with E-state index in [1.807, 2.05) is 0 Å². The molecule has 0 radical (unpaired) electrons. The molecule has 8 aromatic carbocycles. The van der Waals surface area contributed by atoms with Gasteiger partial charge in [0.15, 0.2) is 0 Å². The maximum absolute atomic E-state index is 9.85. The highest BCUT2D eigenvalue weighted by Gasteiger charge is 2.19. The SMILES string of the molecule is [2H]c1c([2H])c([2H])c(-c2c([2H])c([2H])c([2H])c(-c3c4ccccc4c(-c4c([2H])c([2H])c5oc6c([2H])c([2H])c([2H])c(-c7ccccc7)c6c5c4[2H])c4ccccc34)c2[2H])c([2H])c1[2H]. The van der Waals surface area contributed by atoms with E-state index in [2.05, 4.69) is 0 Å². The molecule has 1 nitrogen and oxygen atoms in total. The first kappa shape index (κ1) is 14.7. The number of furan rings is 1. The monoisotopic (exact) mass is 587 g/mol. The summed E-state index contributed by atoms with van der Waals surface area (Å²) < 4.78 is 139. The Morgan fingerprint density at radius 1 is 0.378 bits per heavy atom. The average Bonchev–Trinajstić information content (AvgIpc) is 3.65. The van der Waals surface area contributed by atoms with Crippen LogP contribution in [-0.2, 0) is 0 Å². The Labute approximate surface area is 282 Å². The third kappa shape index (κ3) is 4.17. The molecule has 210 valence electrons. The Hall–Kier alpha value is -5.92. The van der Waals surface area contributed by atoms with E-state index in [1.165, 1.54) is 0 Å². The predicted octanol–water partition coefficient (Wildman–Crippen LogP) is 12.6. The minimum atomic E-state index is -0.685. The van der Waals surface area contributed by atoms with Gasteiger partial charge in [-0.15, -0.1) is 0 Å². The zero-order valence-electron chi connectivity index (χ0n) is 38.4. The molecule has 0 unspecified atom stereocenters. The molecule has 0 amide bonds.